The Balaban J connectivity index is 1.47. The van der Waals surface area contributed by atoms with E-state index in [4.69, 9.17) is 0 Å². The number of rotatable bonds is 9. The van der Waals surface area contributed by atoms with Crippen molar-refractivity contribution >= 4 is 11.8 Å². The Morgan fingerprint density at radius 3 is 2.07 bits per heavy atom. The van der Waals surface area contributed by atoms with Gasteiger partial charge in [-0.1, -0.05) is 72.3 Å². The molecule has 0 bridgehead atoms. The number of amides is 2. The third kappa shape index (κ3) is 6.90. The van der Waals surface area contributed by atoms with Crippen LogP contribution in [0, 0.1) is 0 Å². The summed E-state index contributed by atoms with van der Waals surface area (Å²) in [7, 11) is 0. The molecule has 0 radical (unpaired) electrons. The molecule has 0 aromatic heterocycles. The summed E-state index contributed by atoms with van der Waals surface area (Å²) in [5.74, 6) is -0.280. The summed E-state index contributed by atoms with van der Waals surface area (Å²) in [5, 5.41) is 5.68. The first kappa shape index (κ1) is 20.8. The normalized spacial score (nSPS) is 13.6. The minimum atomic E-state index is -0.134. The third-order valence-electron chi connectivity index (χ3n) is 5.39. The predicted molar refractivity (Wildman–Crippen MR) is 117 cm³/mol. The van der Waals surface area contributed by atoms with Crippen LogP contribution in [0.1, 0.15) is 55.6 Å². The molecule has 152 valence electrons. The molecule has 0 spiro atoms. The first-order valence-electron chi connectivity index (χ1n) is 10.5. The van der Waals surface area contributed by atoms with E-state index in [1.165, 1.54) is 18.4 Å². The summed E-state index contributed by atoms with van der Waals surface area (Å²) >= 11 is 0. The number of hydrogen-bond acceptors (Lipinski definition) is 2. The van der Waals surface area contributed by atoms with Crippen LogP contribution in [0.25, 0.3) is 0 Å². The first-order valence-corrected chi connectivity index (χ1v) is 10.5. The quantitative estimate of drug-likeness (QED) is 0.626. The molecule has 4 nitrogen and oxygen atoms in total. The van der Waals surface area contributed by atoms with E-state index < -0.39 is 0 Å². The lowest BCUT2D eigenvalue weighted by Crippen LogP contribution is -2.37. The molecule has 0 saturated carbocycles. The minimum Gasteiger partial charge on any atom is -0.354 e. The van der Waals surface area contributed by atoms with Crippen LogP contribution >= 0.6 is 0 Å². The van der Waals surface area contributed by atoms with E-state index in [0.717, 1.165) is 30.4 Å². The number of carbonyl (C=O) groups is 2. The van der Waals surface area contributed by atoms with Crippen molar-refractivity contribution in [1.29, 1.82) is 0 Å². The highest BCUT2D eigenvalue weighted by molar-refractivity contribution is 5.85. The first-order chi connectivity index (χ1) is 14.2. The Bertz CT molecular complexity index is 776. The summed E-state index contributed by atoms with van der Waals surface area (Å²) < 4.78 is 0. The minimum absolute atomic E-state index is 0.0220. The van der Waals surface area contributed by atoms with Crippen LogP contribution in [0.4, 0.5) is 0 Å². The number of allylic oxidation sites excluding steroid dienone is 1. The SMILES string of the molecule is O=C(CNC(=O)CC(c1ccccc1)c1ccccc1)NCCC1=CCCCC1. The average Bonchev–Trinajstić information content (AvgIpc) is 2.78. The van der Waals surface area contributed by atoms with Crippen LogP contribution < -0.4 is 10.6 Å². The second-order valence-corrected chi connectivity index (χ2v) is 7.56. The number of nitrogens with one attached hydrogen (secondary N) is 2. The van der Waals surface area contributed by atoms with Crippen molar-refractivity contribution in [3.63, 3.8) is 0 Å². The van der Waals surface area contributed by atoms with Crippen molar-refractivity contribution < 1.29 is 9.59 Å². The van der Waals surface area contributed by atoms with Gasteiger partial charge in [-0.3, -0.25) is 9.59 Å². The van der Waals surface area contributed by atoms with Crippen LogP contribution in [0.3, 0.4) is 0 Å². The Morgan fingerprint density at radius 2 is 1.48 bits per heavy atom. The van der Waals surface area contributed by atoms with Gasteiger partial charge in [0.2, 0.25) is 11.8 Å². The van der Waals surface area contributed by atoms with Gasteiger partial charge in [0.05, 0.1) is 6.54 Å². The molecular weight excluding hydrogens is 360 g/mol. The van der Waals surface area contributed by atoms with Crippen molar-refractivity contribution in [2.24, 2.45) is 0 Å². The van der Waals surface area contributed by atoms with Gasteiger partial charge in [0.15, 0.2) is 0 Å². The predicted octanol–water partition coefficient (Wildman–Crippen LogP) is 4.33. The van der Waals surface area contributed by atoms with Crippen molar-refractivity contribution in [3.05, 3.63) is 83.4 Å². The Labute approximate surface area is 173 Å². The molecule has 0 aliphatic heterocycles. The number of benzene rings is 2. The molecule has 2 aromatic carbocycles. The Kier molecular flexibility index (Phi) is 8.05. The molecule has 2 aromatic rings. The maximum absolute atomic E-state index is 12.5. The van der Waals surface area contributed by atoms with E-state index in [1.807, 2.05) is 60.7 Å². The maximum atomic E-state index is 12.5. The number of carbonyl (C=O) groups excluding carboxylic acids is 2. The lowest BCUT2D eigenvalue weighted by atomic mass is 9.88. The van der Waals surface area contributed by atoms with Crippen LogP contribution in [0.5, 0.6) is 0 Å². The highest BCUT2D eigenvalue weighted by atomic mass is 16.2. The summed E-state index contributed by atoms with van der Waals surface area (Å²) in [6.45, 7) is 0.658. The monoisotopic (exact) mass is 390 g/mol. The fraction of sp³-hybridized carbons (Fsp3) is 0.360. The van der Waals surface area contributed by atoms with E-state index in [0.29, 0.717) is 13.0 Å². The van der Waals surface area contributed by atoms with Crippen molar-refractivity contribution in [1.82, 2.24) is 10.6 Å². The lowest BCUT2D eigenvalue weighted by Gasteiger charge is -2.18. The van der Waals surface area contributed by atoms with E-state index in [-0.39, 0.29) is 24.3 Å². The van der Waals surface area contributed by atoms with E-state index in [1.54, 1.807) is 0 Å². The molecule has 0 atom stereocenters. The average molecular weight is 391 g/mol. The van der Waals surface area contributed by atoms with Crippen molar-refractivity contribution in [3.8, 4) is 0 Å². The molecular formula is C25H30N2O2. The molecule has 3 rings (SSSR count). The summed E-state index contributed by atoms with van der Waals surface area (Å²) in [6, 6.07) is 20.0. The highest BCUT2D eigenvalue weighted by Crippen LogP contribution is 2.27. The largest absolute Gasteiger partial charge is 0.354 e. The van der Waals surface area contributed by atoms with Gasteiger partial charge in [0.1, 0.15) is 0 Å². The molecule has 4 heteroatoms. The maximum Gasteiger partial charge on any atom is 0.239 e. The van der Waals surface area contributed by atoms with Gasteiger partial charge in [-0.15, -0.1) is 0 Å². The summed E-state index contributed by atoms with van der Waals surface area (Å²) in [6.07, 6.45) is 8.34. The van der Waals surface area contributed by atoms with Gasteiger partial charge in [0.25, 0.3) is 0 Å². The summed E-state index contributed by atoms with van der Waals surface area (Å²) in [5.41, 5.74) is 3.63. The van der Waals surface area contributed by atoms with Crippen molar-refractivity contribution in [2.75, 3.05) is 13.1 Å². The van der Waals surface area contributed by atoms with Crippen LogP contribution in [-0.2, 0) is 9.59 Å². The summed E-state index contributed by atoms with van der Waals surface area (Å²) in [4.78, 5) is 24.6. The zero-order valence-electron chi connectivity index (χ0n) is 16.9. The van der Waals surface area contributed by atoms with Crippen LogP contribution in [0.15, 0.2) is 72.3 Å². The molecule has 2 amide bonds. The van der Waals surface area contributed by atoms with Crippen molar-refractivity contribution in [2.45, 2.75) is 44.4 Å². The molecule has 0 saturated heterocycles. The van der Waals surface area contributed by atoms with Gasteiger partial charge in [-0.2, -0.15) is 0 Å². The topological polar surface area (TPSA) is 58.2 Å². The Morgan fingerprint density at radius 1 is 0.828 bits per heavy atom. The lowest BCUT2D eigenvalue weighted by molar-refractivity contribution is -0.126. The standard InChI is InChI=1S/C25H30N2O2/c28-24(27-19-25(29)26-17-16-20-10-4-1-5-11-20)18-23(21-12-6-2-7-13-21)22-14-8-3-9-15-22/h2-3,6-10,12-15,23H,1,4-5,11,16-19H2,(H,26,29)(H,27,28). The van der Waals surface area contributed by atoms with Gasteiger partial charge < -0.3 is 10.6 Å². The molecule has 0 unspecified atom stereocenters. The van der Waals surface area contributed by atoms with E-state index in [2.05, 4.69) is 16.7 Å². The van der Waals surface area contributed by atoms with E-state index in [9.17, 15) is 9.59 Å². The fourth-order valence-corrected chi connectivity index (χ4v) is 3.79. The number of hydrogen-bond donors (Lipinski definition) is 2. The van der Waals surface area contributed by atoms with Gasteiger partial charge in [0, 0.05) is 18.9 Å². The third-order valence-corrected chi connectivity index (χ3v) is 5.39. The van der Waals surface area contributed by atoms with Gasteiger partial charge in [-0.25, -0.2) is 0 Å². The van der Waals surface area contributed by atoms with Gasteiger partial charge >= 0.3 is 0 Å². The zero-order chi connectivity index (χ0) is 20.3. The highest BCUT2D eigenvalue weighted by Gasteiger charge is 2.18. The smallest absolute Gasteiger partial charge is 0.239 e. The second kappa shape index (κ2) is 11.2. The molecule has 0 fully saturated rings. The Hall–Kier alpha value is -2.88. The molecule has 2 N–H and O–H groups in total. The van der Waals surface area contributed by atoms with Crippen LogP contribution in [-0.4, -0.2) is 24.9 Å². The molecule has 1 aliphatic carbocycles. The van der Waals surface area contributed by atoms with E-state index >= 15 is 0 Å². The van der Waals surface area contributed by atoms with Gasteiger partial charge in [-0.05, 0) is 43.2 Å². The molecule has 0 heterocycles. The van der Waals surface area contributed by atoms with Crippen LogP contribution in [0.2, 0.25) is 0 Å². The fourth-order valence-electron chi connectivity index (χ4n) is 3.79. The molecule has 29 heavy (non-hydrogen) atoms. The molecule has 1 aliphatic rings. The zero-order valence-corrected chi connectivity index (χ0v) is 16.9. The second-order valence-electron chi connectivity index (χ2n) is 7.56.